The maximum absolute atomic E-state index is 13.1. The van der Waals surface area contributed by atoms with Gasteiger partial charge in [-0.2, -0.15) is 0 Å². The summed E-state index contributed by atoms with van der Waals surface area (Å²) in [5, 5.41) is 14.6. The van der Waals surface area contributed by atoms with Crippen LogP contribution < -0.4 is 5.32 Å². The van der Waals surface area contributed by atoms with Crippen molar-refractivity contribution in [3.05, 3.63) is 86.3 Å². The van der Waals surface area contributed by atoms with Crippen LogP contribution in [0.3, 0.4) is 0 Å². The van der Waals surface area contributed by atoms with Gasteiger partial charge in [0.2, 0.25) is 0 Å². The second kappa shape index (κ2) is 8.36. The second-order valence-electron chi connectivity index (χ2n) is 6.82. The van der Waals surface area contributed by atoms with E-state index in [9.17, 15) is 14.9 Å². The smallest absolute Gasteiger partial charge is 0.270 e. The Morgan fingerprint density at radius 2 is 1.90 bits per heavy atom. The van der Waals surface area contributed by atoms with E-state index in [1.165, 1.54) is 28.3 Å². The maximum atomic E-state index is 13.1. The van der Waals surface area contributed by atoms with Gasteiger partial charge in [0.25, 0.3) is 11.6 Å². The maximum Gasteiger partial charge on any atom is 0.270 e. The number of nitrogens with one attached hydrogen (secondary N) is 1. The number of benzene rings is 2. The van der Waals surface area contributed by atoms with Crippen LogP contribution in [0, 0.1) is 10.1 Å². The minimum absolute atomic E-state index is 0.0152. The molecular formula is C22H19N3O3S. The number of thiophene rings is 1. The zero-order valence-electron chi connectivity index (χ0n) is 15.6. The van der Waals surface area contributed by atoms with Crippen LogP contribution in [0.2, 0.25) is 0 Å². The average Bonchev–Trinajstić information content (AvgIpc) is 3.11. The third kappa shape index (κ3) is 4.25. The van der Waals surface area contributed by atoms with Gasteiger partial charge in [0.15, 0.2) is 0 Å². The van der Waals surface area contributed by atoms with Crippen LogP contribution in [0.1, 0.15) is 39.2 Å². The first-order valence-corrected chi connectivity index (χ1v) is 10.2. The Bertz CT molecular complexity index is 1090. The molecule has 3 aromatic rings. The van der Waals surface area contributed by atoms with Crippen molar-refractivity contribution in [3.63, 3.8) is 0 Å². The number of aliphatic imine (C=N–C) groups is 1. The van der Waals surface area contributed by atoms with Crippen LogP contribution in [-0.2, 0) is 12.8 Å². The summed E-state index contributed by atoms with van der Waals surface area (Å²) in [5.74, 6) is -0.165. The van der Waals surface area contributed by atoms with E-state index >= 15 is 0 Å². The van der Waals surface area contributed by atoms with Gasteiger partial charge in [-0.3, -0.25) is 14.9 Å². The molecular weight excluding hydrogens is 386 g/mol. The molecule has 4 rings (SSSR count). The van der Waals surface area contributed by atoms with E-state index in [4.69, 9.17) is 0 Å². The van der Waals surface area contributed by atoms with E-state index in [0.29, 0.717) is 16.1 Å². The van der Waals surface area contributed by atoms with Gasteiger partial charge in [0.05, 0.1) is 10.5 Å². The summed E-state index contributed by atoms with van der Waals surface area (Å²) < 4.78 is 0. The molecule has 1 aliphatic rings. The Balaban J connectivity index is 1.68. The number of nitro groups is 1. The number of rotatable bonds is 5. The van der Waals surface area contributed by atoms with Crippen molar-refractivity contribution in [2.45, 2.75) is 25.7 Å². The predicted molar refractivity (Wildman–Crippen MR) is 116 cm³/mol. The number of amides is 1. The van der Waals surface area contributed by atoms with E-state index in [1.54, 1.807) is 18.3 Å². The number of para-hydroxylation sites is 1. The van der Waals surface area contributed by atoms with Gasteiger partial charge in [0, 0.05) is 28.9 Å². The van der Waals surface area contributed by atoms with Gasteiger partial charge in [0.1, 0.15) is 5.00 Å². The number of fused-ring (bicyclic) bond motifs is 1. The fraction of sp³-hybridized carbons (Fsp3) is 0.182. The molecule has 0 aliphatic heterocycles. The quantitative estimate of drug-likeness (QED) is 0.344. The van der Waals surface area contributed by atoms with Crippen LogP contribution in [0.5, 0.6) is 0 Å². The first-order chi connectivity index (χ1) is 14.1. The van der Waals surface area contributed by atoms with Crippen LogP contribution >= 0.6 is 11.3 Å². The molecule has 0 spiro atoms. The van der Waals surface area contributed by atoms with Crippen molar-refractivity contribution in [3.8, 4) is 0 Å². The average molecular weight is 405 g/mol. The van der Waals surface area contributed by atoms with E-state index in [-0.39, 0.29) is 11.6 Å². The number of anilines is 1. The topological polar surface area (TPSA) is 84.6 Å². The van der Waals surface area contributed by atoms with Crippen molar-refractivity contribution >= 4 is 39.8 Å². The number of hydrogen-bond acceptors (Lipinski definition) is 5. The number of carbonyl (C=O) groups is 1. The van der Waals surface area contributed by atoms with E-state index < -0.39 is 4.92 Å². The molecule has 1 N–H and O–H groups in total. The van der Waals surface area contributed by atoms with Crippen molar-refractivity contribution in [2.75, 3.05) is 5.32 Å². The molecule has 0 bridgehead atoms. The fourth-order valence-electron chi connectivity index (χ4n) is 3.44. The summed E-state index contributed by atoms with van der Waals surface area (Å²) in [4.78, 5) is 29.4. The molecule has 146 valence electrons. The summed E-state index contributed by atoms with van der Waals surface area (Å²) in [7, 11) is 0. The monoisotopic (exact) mass is 405 g/mol. The van der Waals surface area contributed by atoms with E-state index in [2.05, 4.69) is 10.3 Å². The minimum atomic E-state index is -0.431. The lowest BCUT2D eigenvalue weighted by Gasteiger charge is -2.12. The molecule has 0 saturated carbocycles. The van der Waals surface area contributed by atoms with Gasteiger partial charge in [-0.1, -0.05) is 30.3 Å². The lowest BCUT2D eigenvalue weighted by molar-refractivity contribution is -0.384. The number of hydrogen-bond donors (Lipinski definition) is 1. The number of nitro benzene ring substituents is 1. The Labute approximate surface area is 172 Å². The van der Waals surface area contributed by atoms with Crippen molar-refractivity contribution in [2.24, 2.45) is 4.99 Å². The molecule has 0 unspecified atom stereocenters. The molecule has 1 amide bonds. The number of carbonyl (C=O) groups excluding carboxylic acids is 1. The third-order valence-corrected chi connectivity index (χ3v) is 6.02. The zero-order valence-corrected chi connectivity index (χ0v) is 16.4. The SMILES string of the molecule is O=C(Nc1ccccc1)c1c(N=Cc2cccc([N+](=O)[O-])c2)sc2c1CCCC2. The summed E-state index contributed by atoms with van der Waals surface area (Å²) >= 11 is 1.54. The highest BCUT2D eigenvalue weighted by Gasteiger charge is 2.25. The molecule has 1 aromatic heterocycles. The van der Waals surface area contributed by atoms with Crippen LogP contribution in [0.4, 0.5) is 16.4 Å². The van der Waals surface area contributed by atoms with E-state index in [0.717, 1.165) is 36.9 Å². The highest BCUT2D eigenvalue weighted by molar-refractivity contribution is 7.16. The zero-order chi connectivity index (χ0) is 20.2. The number of non-ortho nitro benzene ring substituents is 1. The van der Waals surface area contributed by atoms with Gasteiger partial charge in [-0.25, -0.2) is 4.99 Å². The van der Waals surface area contributed by atoms with Crippen LogP contribution in [0.15, 0.2) is 59.6 Å². The molecule has 6 nitrogen and oxygen atoms in total. The lowest BCUT2D eigenvalue weighted by atomic mass is 9.95. The van der Waals surface area contributed by atoms with Crippen LogP contribution in [0.25, 0.3) is 0 Å². The number of nitrogens with zero attached hydrogens (tertiary/aromatic N) is 2. The molecule has 29 heavy (non-hydrogen) atoms. The molecule has 0 atom stereocenters. The van der Waals surface area contributed by atoms with Crippen LogP contribution in [-0.4, -0.2) is 17.0 Å². The summed E-state index contributed by atoms with van der Waals surface area (Å²) in [6, 6.07) is 15.7. The van der Waals surface area contributed by atoms with E-state index in [1.807, 2.05) is 30.3 Å². The fourth-order valence-corrected chi connectivity index (χ4v) is 4.67. The van der Waals surface area contributed by atoms with Gasteiger partial charge in [-0.15, -0.1) is 11.3 Å². The second-order valence-corrected chi connectivity index (χ2v) is 7.91. The Morgan fingerprint density at radius 3 is 2.69 bits per heavy atom. The first kappa shape index (κ1) is 19.0. The van der Waals surface area contributed by atoms with Crippen molar-refractivity contribution < 1.29 is 9.72 Å². The summed E-state index contributed by atoms with van der Waals surface area (Å²) in [6.45, 7) is 0. The van der Waals surface area contributed by atoms with Gasteiger partial charge >= 0.3 is 0 Å². The molecule has 1 aliphatic carbocycles. The Kier molecular flexibility index (Phi) is 5.48. The Morgan fingerprint density at radius 1 is 1.10 bits per heavy atom. The molecule has 2 aromatic carbocycles. The summed E-state index contributed by atoms with van der Waals surface area (Å²) in [6.07, 6.45) is 5.59. The third-order valence-electron chi connectivity index (χ3n) is 4.82. The van der Waals surface area contributed by atoms with Gasteiger partial charge in [-0.05, 0) is 48.9 Å². The summed E-state index contributed by atoms with van der Waals surface area (Å²) in [5.41, 5.74) is 3.08. The standard InChI is InChI=1S/C22H19N3O3S/c26-21(24-16-8-2-1-3-9-16)20-18-11-4-5-12-19(18)29-22(20)23-14-15-7-6-10-17(13-15)25(27)28/h1-3,6-10,13-14H,4-5,11-12H2,(H,24,26). The molecule has 0 radical (unpaired) electrons. The predicted octanol–water partition coefficient (Wildman–Crippen LogP) is 5.54. The minimum Gasteiger partial charge on any atom is -0.322 e. The molecule has 0 saturated heterocycles. The highest BCUT2D eigenvalue weighted by atomic mass is 32.1. The highest BCUT2D eigenvalue weighted by Crippen LogP contribution is 2.40. The molecule has 1 heterocycles. The number of aryl methyl sites for hydroxylation is 1. The first-order valence-electron chi connectivity index (χ1n) is 9.41. The molecule has 0 fully saturated rings. The Hall–Kier alpha value is -3.32. The normalized spacial score (nSPS) is 13.2. The van der Waals surface area contributed by atoms with Crippen molar-refractivity contribution in [1.82, 2.24) is 0 Å². The molecule has 7 heteroatoms. The largest absolute Gasteiger partial charge is 0.322 e. The van der Waals surface area contributed by atoms with Crippen molar-refractivity contribution in [1.29, 1.82) is 0 Å². The lowest BCUT2D eigenvalue weighted by Crippen LogP contribution is -2.14. The van der Waals surface area contributed by atoms with Gasteiger partial charge < -0.3 is 5.32 Å².